The Hall–Kier alpha value is -0.950. The van der Waals surface area contributed by atoms with Crippen LogP contribution in [0.4, 0.5) is 0 Å². The van der Waals surface area contributed by atoms with Gasteiger partial charge < -0.3 is 9.64 Å². The van der Waals surface area contributed by atoms with Gasteiger partial charge in [0.25, 0.3) is 0 Å². The first-order valence-electron chi connectivity index (χ1n) is 7.97. The van der Waals surface area contributed by atoms with Crippen LogP contribution >= 0.6 is 11.3 Å². The second kappa shape index (κ2) is 7.08. The van der Waals surface area contributed by atoms with E-state index >= 15 is 0 Å². The summed E-state index contributed by atoms with van der Waals surface area (Å²) in [6, 6.07) is 4.71. The molecule has 6 heteroatoms. The maximum absolute atomic E-state index is 12.2. The number of ether oxygens (including phenoxy) is 1. The Morgan fingerprint density at radius 3 is 2.77 bits per heavy atom. The molecule has 0 aliphatic carbocycles. The standard InChI is InChI=1S/C16H25N3O2S/c1-17-6-5-13(16(17)20)18(2)12-14(15-4-3-11-22-15)19-7-9-21-10-8-19/h3-4,11,13-14H,5-10,12H2,1-2H3/t13-,14-/m1/s1. The molecule has 0 spiro atoms. The molecule has 2 fully saturated rings. The molecule has 0 radical (unpaired) electrons. The summed E-state index contributed by atoms with van der Waals surface area (Å²) in [5, 5.41) is 2.14. The van der Waals surface area contributed by atoms with Crippen LogP contribution in [0.15, 0.2) is 17.5 Å². The topological polar surface area (TPSA) is 36.0 Å². The van der Waals surface area contributed by atoms with Gasteiger partial charge in [-0.1, -0.05) is 6.07 Å². The molecule has 2 atom stereocenters. The summed E-state index contributed by atoms with van der Waals surface area (Å²) < 4.78 is 5.49. The van der Waals surface area contributed by atoms with E-state index in [0.29, 0.717) is 6.04 Å². The summed E-state index contributed by atoms with van der Waals surface area (Å²) in [7, 11) is 3.98. The molecule has 122 valence electrons. The van der Waals surface area contributed by atoms with Gasteiger partial charge in [0.15, 0.2) is 0 Å². The maximum Gasteiger partial charge on any atom is 0.239 e. The highest BCUT2D eigenvalue weighted by Crippen LogP contribution is 2.28. The first-order valence-corrected chi connectivity index (χ1v) is 8.85. The first-order chi connectivity index (χ1) is 10.7. The van der Waals surface area contributed by atoms with E-state index in [9.17, 15) is 4.79 Å². The Balaban J connectivity index is 1.71. The van der Waals surface area contributed by atoms with Crippen molar-refractivity contribution in [2.45, 2.75) is 18.5 Å². The van der Waals surface area contributed by atoms with Crippen molar-refractivity contribution in [1.82, 2.24) is 14.7 Å². The Morgan fingerprint density at radius 2 is 2.18 bits per heavy atom. The van der Waals surface area contributed by atoms with Crippen molar-refractivity contribution < 1.29 is 9.53 Å². The van der Waals surface area contributed by atoms with Crippen molar-refractivity contribution in [3.05, 3.63) is 22.4 Å². The molecular formula is C16H25N3O2S. The molecule has 0 aromatic carbocycles. The molecule has 1 aromatic rings. The van der Waals surface area contributed by atoms with Crippen LogP contribution in [0.5, 0.6) is 0 Å². The van der Waals surface area contributed by atoms with Crippen LogP contribution in [0.1, 0.15) is 17.3 Å². The number of likely N-dealkylation sites (N-methyl/N-ethyl adjacent to an activating group) is 2. The van der Waals surface area contributed by atoms with E-state index in [4.69, 9.17) is 4.74 Å². The zero-order chi connectivity index (χ0) is 15.5. The van der Waals surface area contributed by atoms with Crippen LogP contribution in [0.25, 0.3) is 0 Å². The summed E-state index contributed by atoms with van der Waals surface area (Å²) in [5.74, 6) is 0.259. The third kappa shape index (κ3) is 3.35. The van der Waals surface area contributed by atoms with Crippen LogP contribution < -0.4 is 0 Å². The van der Waals surface area contributed by atoms with Crippen LogP contribution in [0.2, 0.25) is 0 Å². The Morgan fingerprint density at radius 1 is 1.41 bits per heavy atom. The van der Waals surface area contributed by atoms with Crippen LogP contribution in [0, 0.1) is 0 Å². The van der Waals surface area contributed by atoms with E-state index in [1.165, 1.54) is 4.88 Å². The van der Waals surface area contributed by atoms with E-state index in [0.717, 1.165) is 45.8 Å². The lowest BCUT2D eigenvalue weighted by Crippen LogP contribution is -2.46. The highest BCUT2D eigenvalue weighted by molar-refractivity contribution is 7.10. The minimum Gasteiger partial charge on any atom is -0.379 e. The second-order valence-electron chi connectivity index (χ2n) is 6.18. The number of nitrogens with zero attached hydrogens (tertiary/aromatic N) is 3. The van der Waals surface area contributed by atoms with Crippen LogP contribution in [-0.2, 0) is 9.53 Å². The molecule has 3 heterocycles. The first kappa shape index (κ1) is 15.9. The molecule has 0 unspecified atom stereocenters. The van der Waals surface area contributed by atoms with Gasteiger partial charge >= 0.3 is 0 Å². The number of hydrogen-bond acceptors (Lipinski definition) is 5. The lowest BCUT2D eigenvalue weighted by molar-refractivity contribution is -0.130. The smallest absolute Gasteiger partial charge is 0.239 e. The summed E-state index contributed by atoms with van der Waals surface area (Å²) in [5.41, 5.74) is 0. The SMILES string of the molecule is CN1CC[C@@H](N(C)C[C@H](c2cccs2)N2CCOCC2)C1=O. The van der Waals surface area contributed by atoms with E-state index < -0.39 is 0 Å². The highest BCUT2D eigenvalue weighted by atomic mass is 32.1. The molecule has 2 saturated heterocycles. The zero-order valence-corrected chi connectivity index (χ0v) is 14.2. The fraction of sp³-hybridized carbons (Fsp3) is 0.688. The van der Waals surface area contributed by atoms with E-state index in [1.54, 1.807) is 11.3 Å². The maximum atomic E-state index is 12.2. The third-order valence-electron chi connectivity index (χ3n) is 4.75. The molecule has 0 bridgehead atoms. The van der Waals surface area contributed by atoms with Crippen molar-refractivity contribution in [3.8, 4) is 0 Å². The van der Waals surface area contributed by atoms with Gasteiger partial charge in [-0.3, -0.25) is 14.6 Å². The van der Waals surface area contributed by atoms with Gasteiger partial charge in [0.1, 0.15) is 0 Å². The molecule has 0 saturated carbocycles. The fourth-order valence-electron chi connectivity index (χ4n) is 3.37. The predicted octanol–water partition coefficient (Wildman–Crippen LogP) is 1.28. The van der Waals surface area contributed by atoms with Crippen LogP contribution in [-0.4, -0.2) is 80.1 Å². The minimum absolute atomic E-state index is 0.0357. The number of likely N-dealkylation sites (tertiary alicyclic amines) is 1. The summed E-state index contributed by atoms with van der Waals surface area (Å²) in [6.07, 6.45) is 0.937. The van der Waals surface area contributed by atoms with Crippen molar-refractivity contribution in [1.29, 1.82) is 0 Å². The number of hydrogen-bond donors (Lipinski definition) is 0. The molecule has 1 amide bonds. The average Bonchev–Trinajstić information content (AvgIpc) is 3.17. The molecule has 2 aliphatic rings. The average molecular weight is 323 g/mol. The molecule has 0 N–H and O–H groups in total. The monoisotopic (exact) mass is 323 g/mol. The quantitative estimate of drug-likeness (QED) is 0.818. The lowest BCUT2D eigenvalue weighted by Gasteiger charge is -2.37. The van der Waals surface area contributed by atoms with Gasteiger partial charge in [-0.15, -0.1) is 11.3 Å². The molecular weight excluding hydrogens is 298 g/mol. The van der Waals surface area contributed by atoms with Crippen molar-refractivity contribution in [2.24, 2.45) is 0 Å². The number of rotatable bonds is 5. The number of carbonyl (C=O) groups excluding carboxylic acids is 1. The number of thiophene rings is 1. The molecule has 3 rings (SSSR count). The highest BCUT2D eigenvalue weighted by Gasteiger charge is 2.34. The van der Waals surface area contributed by atoms with E-state index in [-0.39, 0.29) is 11.9 Å². The lowest BCUT2D eigenvalue weighted by atomic mass is 10.1. The van der Waals surface area contributed by atoms with Gasteiger partial charge in [0.2, 0.25) is 5.91 Å². The van der Waals surface area contributed by atoms with Gasteiger partial charge in [0.05, 0.1) is 25.3 Å². The Kier molecular flexibility index (Phi) is 5.13. The Labute approximate surface area is 136 Å². The van der Waals surface area contributed by atoms with E-state index in [2.05, 4.69) is 34.4 Å². The van der Waals surface area contributed by atoms with Gasteiger partial charge in [-0.25, -0.2) is 0 Å². The zero-order valence-electron chi connectivity index (χ0n) is 13.4. The van der Waals surface area contributed by atoms with E-state index in [1.807, 2.05) is 11.9 Å². The predicted molar refractivity (Wildman–Crippen MR) is 88.1 cm³/mol. The number of amides is 1. The van der Waals surface area contributed by atoms with Crippen LogP contribution in [0.3, 0.4) is 0 Å². The van der Waals surface area contributed by atoms with Gasteiger partial charge in [0, 0.05) is 38.1 Å². The fourth-order valence-corrected chi connectivity index (χ4v) is 4.22. The molecule has 5 nitrogen and oxygen atoms in total. The number of carbonyl (C=O) groups is 1. The minimum atomic E-state index is 0.0357. The second-order valence-corrected chi connectivity index (χ2v) is 7.16. The van der Waals surface area contributed by atoms with Crippen molar-refractivity contribution in [2.75, 3.05) is 53.5 Å². The largest absolute Gasteiger partial charge is 0.379 e. The number of morpholine rings is 1. The summed E-state index contributed by atoms with van der Waals surface area (Å²) >= 11 is 1.81. The third-order valence-corrected chi connectivity index (χ3v) is 5.72. The Bertz CT molecular complexity index is 488. The van der Waals surface area contributed by atoms with Gasteiger partial charge in [-0.05, 0) is 24.9 Å². The van der Waals surface area contributed by atoms with Crippen molar-refractivity contribution in [3.63, 3.8) is 0 Å². The summed E-state index contributed by atoms with van der Waals surface area (Å²) in [4.78, 5) is 20.2. The van der Waals surface area contributed by atoms with Gasteiger partial charge in [-0.2, -0.15) is 0 Å². The molecule has 2 aliphatic heterocycles. The molecule has 1 aromatic heterocycles. The molecule has 22 heavy (non-hydrogen) atoms. The van der Waals surface area contributed by atoms with Crippen molar-refractivity contribution >= 4 is 17.2 Å². The normalized spacial score (nSPS) is 25.1. The summed E-state index contributed by atoms with van der Waals surface area (Å²) in [6.45, 7) is 5.30.